The van der Waals surface area contributed by atoms with Crippen LogP contribution in [0.4, 0.5) is 22.7 Å². The number of benzene rings is 7. The van der Waals surface area contributed by atoms with Crippen LogP contribution in [0.5, 0.6) is 0 Å². The first-order valence-electron chi connectivity index (χ1n) is 25.9. The standard InChI is InChI=1S/C64H59B3N2/c1-61(2,3)36-21-23-42-44-33-45-43-24-22-37(62(4,5)6)30-49(43)67-51-26-35-18-14-16-20-41(35)55(51)47-28-39(64(10,11)12)32-53-58(47)69(67)60(45)56-59(44)68-57-46(27-38(63(7,8)9)31-52(57)65(53)56)54-40-19-15-13-17-34(40)25-50(54)66(68)48(42)29-36/h13-24,27-33H,25-26H2,1-12H3. The van der Waals surface area contributed by atoms with Crippen molar-refractivity contribution in [3.8, 4) is 22.3 Å². The fourth-order valence-electron chi connectivity index (χ4n) is 14.5. The van der Waals surface area contributed by atoms with E-state index in [1.807, 2.05) is 0 Å². The van der Waals surface area contributed by atoms with Gasteiger partial charge in [-0.25, -0.2) is 0 Å². The Labute approximate surface area is 410 Å². The summed E-state index contributed by atoms with van der Waals surface area (Å²) in [5.41, 5.74) is 38.9. The second-order valence-corrected chi connectivity index (χ2v) is 26.1. The van der Waals surface area contributed by atoms with E-state index in [0.717, 1.165) is 12.8 Å². The van der Waals surface area contributed by atoms with Crippen LogP contribution in [0.15, 0.2) is 126 Å². The molecule has 0 N–H and O–H groups in total. The average molecular weight is 889 g/mol. The lowest BCUT2D eigenvalue weighted by molar-refractivity contribution is 0.590. The zero-order chi connectivity index (χ0) is 47.3. The molecule has 0 atom stereocenters. The summed E-state index contributed by atoms with van der Waals surface area (Å²) in [6, 6.07) is 47.2. The van der Waals surface area contributed by atoms with Gasteiger partial charge < -0.3 is 9.62 Å². The van der Waals surface area contributed by atoms with Crippen molar-refractivity contribution in [3.05, 3.63) is 182 Å². The van der Waals surface area contributed by atoms with Gasteiger partial charge in [0, 0.05) is 45.0 Å². The molecule has 0 amide bonds. The van der Waals surface area contributed by atoms with Gasteiger partial charge in [0.15, 0.2) is 0 Å². The summed E-state index contributed by atoms with van der Waals surface area (Å²) >= 11 is 0. The van der Waals surface area contributed by atoms with Crippen molar-refractivity contribution >= 4 is 81.6 Å². The molecule has 0 fully saturated rings. The first-order chi connectivity index (χ1) is 32.8. The van der Waals surface area contributed by atoms with Crippen molar-refractivity contribution in [3.63, 3.8) is 0 Å². The summed E-state index contributed by atoms with van der Waals surface area (Å²) < 4.78 is 0. The highest BCUT2D eigenvalue weighted by Gasteiger charge is 2.58. The van der Waals surface area contributed by atoms with Crippen molar-refractivity contribution in [2.75, 3.05) is 9.62 Å². The Morgan fingerprint density at radius 1 is 0.348 bits per heavy atom. The first-order valence-corrected chi connectivity index (χ1v) is 25.9. The number of fused-ring (bicyclic) bond motifs is 16. The third-order valence-corrected chi connectivity index (χ3v) is 17.9. The quantitative estimate of drug-likeness (QED) is 0.140. The molecule has 2 aliphatic carbocycles. The summed E-state index contributed by atoms with van der Waals surface area (Å²) in [5, 5.41) is 0. The van der Waals surface area contributed by atoms with Gasteiger partial charge in [-0.15, -0.1) is 0 Å². The Hall–Kier alpha value is -6.19. The maximum Gasteiger partial charge on any atom is 0.325 e. The number of nitrogens with zero attached hydrogens (tertiary/aromatic N) is 2. The lowest BCUT2D eigenvalue weighted by Crippen LogP contribution is -2.70. The molecule has 0 unspecified atom stereocenters. The zero-order valence-corrected chi connectivity index (χ0v) is 42.5. The van der Waals surface area contributed by atoms with E-state index in [1.165, 1.54) is 139 Å². The van der Waals surface area contributed by atoms with Gasteiger partial charge >= 0.3 is 13.7 Å². The molecule has 69 heavy (non-hydrogen) atoms. The van der Waals surface area contributed by atoms with Crippen LogP contribution in [0, 0.1) is 0 Å². The van der Waals surface area contributed by atoms with E-state index in [1.54, 1.807) is 10.9 Å². The Morgan fingerprint density at radius 2 is 0.739 bits per heavy atom. The predicted octanol–water partition coefficient (Wildman–Crippen LogP) is 11.9. The molecule has 15 rings (SSSR count). The summed E-state index contributed by atoms with van der Waals surface area (Å²) in [5.74, 6) is 0. The van der Waals surface area contributed by atoms with Gasteiger partial charge in [0.05, 0.1) is 0 Å². The third kappa shape index (κ3) is 5.02. The maximum absolute atomic E-state index is 2.92. The number of hydrogen-bond acceptors (Lipinski definition) is 2. The van der Waals surface area contributed by atoms with Crippen LogP contribution in [0.25, 0.3) is 33.4 Å². The van der Waals surface area contributed by atoms with Gasteiger partial charge in [0.25, 0.3) is 6.71 Å². The molecule has 0 spiro atoms. The van der Waals surface area contributed by atoms with Gasteiger partial charge in [0.2, 0.25) is 0 Å². The minimum Gasteiger partial charge on any atom is -0.377 e. The van der Waals surface area contributed by atoms with Crippen molar-refractivity contribution < 1.29 is 0 Å². The molecular weight excluding hydrogens is 829 g/mol. The van der Waals surface area contributed by atoms with Crippen LogP contribution < -0.4 is 36.9 Å². The molecule has 8 aliphatic rings. The molecule has 6 aliphatic heterocycles. The molecule has 5 heteroatoms. The number of rotatable bonds is 0. The van der Waals surface area contributed by atoms with Crippen molar-refractivity contribution in [1.82, 2.24) is 0 Å². The Morgan fingerprint density at radius 3 is 1.14 bits per heavy atom. The third-order valence-electron chi connectivity index (χ3n) is 17.9. The number of hydrogen-bond donors (Lipinski definition) is 0. The van der Waals surface area contributed by atoms with E-state index in [4.69, 9.17) is 0 Å². The molecule has 7 aromatic carbocycles. The predicted molar refractivity (Wildman–Crippen MR) is 297 cm³/mol. The van der Waals surface area contributed by atoms with E-state index < -0.39 is 0 Å². The molecule has 0 bridgehead atoms. The number of anilines is 4. The van der Waals surface area contributed by atoms with Gasteiger partial charge in [0.1, 0.15) is 0 Å². The minimum atomic E-state index is -0.0612. The fourth-order valence-corrected chi connectivity index (χ4v) is 14.5. The highest BCUT2D eigenvalue weighted by atomic mass is 15.1. The molecule has 0 saturated carbocycles. The molecule has 2 nitrogen and oxygen atoms in total. The van der Waals surface area contributed by atoms with E-state index in [9.17, 15) is 0 Å². The highest BCUT2D eigenvalue weighted by molar-refractivity contribution is 7.04. The first kappa shape index (κ1) is 40.7. The van der Waals surface area contributed by atoms with Crippen LogP contribution in [0.1, 0.15) is 139 Å². The van der Waals surface area contributed by atoms with Crippen LogP contribution in [-0.2, 0) is 34.5 Å². The van der Waals surface area contributed by atoms with Gasteiger partial charge in [-0.2, -0.15) is 0 Å². The summed E-state index contributed by atoms with van der Waals surface area (Å²) in [6.07, 6.45) is 1.94. The van der Waals surface area contributed by atoms with Gasteiger partial charge in [-0.05, 0) is 147 Å². The number of allylic oxidation sites excluding steroid dienone is 2. The largest absolute Gasteiger partial charge is 0.377 e. The smallest absolute Gasteiger partial charge is 0.325 e. The maximum atomic E-state index is 2.92. The highest BCUT2D eigenvalue weighted by Crippen LogP contribution is 2.60. The van der Waals surface area contributed by atoms with Crippen molar-refractivity contribution in [2.24, 2.45) is 0 Å². The Kier molecular flexibility index (Phi) is 7.42. The van der Waals surface area contributed by atoms with Crippen LogP contribution >= 0.6 is 0 Å². The normalized spacial score (nSPS) is 16.9. The Bertz CT molecular complexity index is 3450. The summed E-state index contributed by atoms with van der Waals surface area (Å²) in [6.45, 7) is 29.1. The van der Waals surface area contributed by atoms with Crippen LogP contribution in [0.2, 0.25) is 0 Å². The zero-order valence-electron chi connectivity index (χ0n) is 42.5. The summed E-state index contributed by atoms with van der Waals surface area (Å²) in [7, 11) is 0. The molecule has 334 valence electrons. The fraction of sp³-hybridized carbons (Fsp3) is 0.281. The van der Waals surface area contributed by atoms with Crippen molar-refractivity contribution in [2.45, 2.75) is 118 Å². The average Bonchev–Trinajstić information content (AvgIpc) is 3.89. The molecule has 6 heterocycles. The van der Waals surface area contributed by atoms with E-state index in [-0.39, 0.29) is 42.1 Å². The second kappa shape index (κ2) is 12.6. The van der Waals surface area contributed by atoms with Crippen LogP contribution in [0.3, 0.4) is 0 Å². The summed E-state index contributed by atoms with van der Waals surface area (Å²) in [4.78, 5) is 5.84. The van der Waals surface area contributed by atoms with Crippen LogP contribution in [-0.4, -0.2) is 20.4 Å². The van der Waals surface area contributed by atoms with E-state index >= 15 is 0 Å². The molecule has 0 radical (unpaired) electrons. The molecular formula is C64H59B3N2. The van der Waals surface area contributed by atoms with Gasteiger partial charge in [-0.3, -0.25) is 0 Å². The lowest BCUT2D eigenvalue weighted by atomic mass is 9.28. The molecule has 0 aromatic heterocycles. The SMILES string of the molecule is CC(C)(C)c1ccc2c(c1)B1C3=C(c4ccccc4C3)c3cc(C(C)(C)C)cc4c3N1c1c-2cc2c3c1B4c1cc(C(C)(C)C)cc4c1N3B(C1=C4c3ccccc3C1)c1cc(C(C)(C)C)ccc1-2. The monoisotopic (exact) mass is 888 g/mol. The van der Waals surface area contributed by atoms with Gasteiger partial charge in [-0.1, -0.05) is 191 Å². The minimum absolute atomic E-state index is 0.00589. The lowest BCUT2D eigenvalue weighted by Gasteiger charge is -2.55. The second-order valence-electron chi connectivity index (χ2n) is 26.1. The molecule has 0 saturated heterocycles. The van der Waals surface area contributed by atoms with E-state index in [0.29, 0.717) is 0 Å². The van der Waals surface area contributed by atoms with E-state index in [2.05, 4.69) is 208 Å². The topological polar surface area (TPSA) is 6.48 Å². The molecule has 7 aromatic rings. The Balaban J connectivity index is 1.16. The van der Waals surface area contributed by atoms with Crippen molar-refractivity contribution in [1.29, 1.82) is 0 Å².